The first kappa shape index (κ1) is 15.7. The van der Waals surface area contributed by atoms with Crippen molar-refractivity contribution in [1.82, 2.24) is 20.2 Å². The molecular weight excluding hydrogens is 276 g/mol. The Balaban J connectivity index is 1.84. The number of rotatable bonds is 4. The van der Waals surface area contributed by atoms with Crippen LogP contribution in [-0.2, 0) is 6.54 Å². The highest BCUT2D eigenvalue weighted by Gasteiger charge is 2.19. The molecule has 1 saturated carbocycles. The number of nitrogens with one attached hydrogen (secondary N) is 2. The molecule has 0 atom stereocenters. The van der Waals surface area contributed by atoms with E-state index in [0.29, 0.717) is 17.8 Å². The normalized spacial score (nSPS) is 23.4. The summed E-state index contributed by atoms with van der Waals surface area (Å²) in [7, 11) is 1.68. The number of nitrogens with zero attached hydrogens (tertiary/aromatic N) is 3. The fourth-order valence-electron chi connectivity index (χ4n) is 2.61. The average molecular weight is 299 g/mol. The molecule has 1 aliphatic rings. The van der Waals surface area contributed by atoms with Crippen LogP contribution >= 0.6 is 0 Å². The minimum absolute atomic E-state index is 0.222. The highest BCUT2D eigenvalue weighted by Crippen LogP contribution is 2.23. The summed E-state index contributed by atoms with van der Waals surface area (Å²) in [5.41, 5.74) is 0. The Hall–Kier alpha value is -1.66. The van der Waals surface area contributed by atoms with Crippen LogP contribution in [0.2, 0.25) is 0 Å². The van der Waals surface area contributed by atoms with E-state index in [2.05, 4.69) is 27.5 Å². The molecule has 1 fully saturated rings. The molecule has 0 unspecified atom stereocenters. The second kappa shape index (κ2) is 7.38. The maximum Gasteiger partial charge on any atom is 0.319 e. The minimum atomic E-state index is -2.57. The highest BCUT2D eigenvalue weighted by molar-refractivity contribution is 5.79. The number of imidazole rings is 1. The van der Waals surface area contributed by atoms with E-state index in [1.165, 1.54) is 25.2 Å². The number of aliphatic imine (C=N–C) groups is 1. The Morgan fingerprint density at radius 2 is 2.14 bits per heavy atom. The van der Waals surface area contributed by atoms with Gasteiger partial charge in [0.05, 0.1) is 6.54 Å². The fraction of sp³-hybridized carbons (Fsp3) is 0.714. The van der Waals surface area contributed by atoms with E-state index in [-0.39, 0.29) is 6.54 Å². The van der Waals surface area contributed by atoms with E-state index in [9.17, 15) is 8.78 Å². The summed E-state index contributed by atoms with van der Waals surface area (Å²) in [6.45, 7) is -0.0766. The Labute approximate surface area is 123 Å². The number of hydrogen-bond acceptors (Lipinski definition) is 2. The Kier molecular flexibility index (Phi) is 5.52. The van der Waals surface area contributed by atoms with Gasteiger partial charge in [-0.25, -0.2) is 4.98 Å². The smallest absolute Gasteiger partial charge is 0.319 e. The third-order valence-corrected chi connectivity index (χ3v) is 3.95. The summed E-state index contributed by atoms with van der Waals surface area (Å²) in [5, 5.41) is 6.40. The predicted molar refractivity (Wildman–Crippen MR) is 78.2 cm³/mol. The molecule has 7 heteroatoms. The molecule has 0 spiro atoms. The lowest BCUT2D eigenvalue weighted by molar-refractivity contribution is 0.0668. The van der Waals surface area contributed by atoms with Crippen LogP contribution in [-0.4, -0.2) is 28.6 Å². The Bertz CT molecular complexity index is 464. The summed E-state index contributed by atoms with van der Waals surface area (Å²) in [6.07, 6.45) is 7.32. The van der Waals surface area contributed by atoms with E-state index in [1.807, 2.05) is 0 Å². The third-order valence-electron chi connectivity index (χ3n) is 3.95. The zero-order valence-corrected chi connectivity index (χ0v) is 12.5. The highest BCUT2D eigenvalue weighted by atomic mass is 19.3. The molecule has 1 aliphatic carbocycles. The van der Waals surface area contributed by atoms with Crippen LogP contribution < -0.4 is 10.6 Å². The van der Waals surface area contributed by atoms with E-state index in [4.69, 9.17) is 0 Å². The lowest BCUT2D eigenvalue weighted by Gasteiger charge is -2.28. The average Bonchev–Trinajstić information content (AvgIpc) is 2.94. The van der Waals surface area contributed by atoms with Crippen molar-refractivity contribution < 1.29 is 8.78 Å². The molecule has 21 heavy (non-hydrogen) atoms. The summed E-state index contributed by atoms with van der Waals surface area (Å²) in [6, 6.07) is 0.405. The van der Waals surface area contributed by atoms with Gasteiger partial charge >= 0.3 is 6.55 Å². The molecule has 2 N–H and O–H groups in total. The van der Waals surface area contributed by atoms with Crippen molar-refractivity contribution in [2.24, 2.45) is 10.9 Å². The Morgan fingerprint density at radius 1 is 1.43 bits per heavy atom. The van der Waals surface area contributed by atoms with Gasteiger partial charge in [0.25, 0.3) is 0 Å². The van der Waals surface area contributed by atoms with E-state index < -0.39 is 6.55 Å². The maximum atomic E-state index is 12.7. The molecule has 1 heterocycles. The summed E-state index contributed by atoms with van der Waals surface area (Å²) in [5.74, 6) is 1.72. The molecule has 0 radical (unpaired) electrons. The van der Waals surface area contributed by atoms with Gasteiger partial charge < -0.3 is 10.6 Å². The first-order valence-corrected chi connectivity index (χ1v) is 7.37. The number of alkyl halides is 2. The Morgan fingerprint density at radius 3 is 2.76 bits per heavy atom. The van der Waals surface area contributed by atoms with Crippen molar-refractivity contribution >= 4 is 5.96 Å². The lowest BCUT2D eigenvalue weighted by atomic mass is 9.87. The van der Waals surface area contributed by atoms with E-state index in [0.717, 1.165) is 23.3 Å². The van der Waals surface area contributed by atoms with Gasteiger partial charge in [0.15, 0.2) is 5.96 Å². The molecular formula is C14H23F2N5. The zero-order chi connectivity index (χ0) is 15.2. The molecule has 2 rings (SSSR count). The van der Waals surface area contributed by atoms with Crippen molar-refractivity contribution in [2.75, 3.05) is 7.05 Å². The van der Waals surface area contributed by atoms with Gasteiger partial charge in [-0.15, -0.1) is 0 Å². The predicted octanol–water partition coefficient (Wildman–Crippen LogP) is 2.52. The van der Waals surface area contributed by atoms with Crippen LogP contribution in [0.5, 0.6) is 0 Å². The van der Waals surface area contributed by atoms with Crippen molar-refractivity contribution in [2.45, 2.75) is 51.7 Å². The molecule has 0 aromatic carbocycles. The van der Waals surface area contributed by atoms with Crippen LogP contribution in [0.4, 0.5) is 8.78 Å². The van der Waals surface area contributed by atoms with Crippen LogP contribution in [0.15, 0.2) is 17.4 Å². The number of hydrogen-bond donors (Lipinski definition) is 2. The van der Waals surface area contributed by atoms with Crippen molar-refractivity contribution in [3.8, 4) is 0 Å². The second-order valence-corrected chi connectivity index (χ2v) is 5.56. The maximum absolute atomic E-state index is 12.7. The van der Waals surface area contributed by atoms with Crippen molar-refractivity contribution in [3.63, 3.8) is 0 Å². The van der Waals surface area contributed by atoms with Gasteiger partial charge in [-0.1, -0.05) is 6.92 Å². The van der Waals surface area contributed by atoms with E-state index >= 15 is 0 Å². The summed E-state index contributed by atoms with van der Waals surface area (Å²) >= 11 is 0. The van der Waals surface area contributed by atoms with Crippen molar-refractivity contribution in [3.05, 3.63) is 18.2 Å². The first-order valence-electron chi connectivity index (χ1n) is 7.37. The van der Waals surface area contributed by atoms with Gasteiger partial charge in [0.2, 0.25) is 0 Å². The quantitative estimate of drug-likeness (QED) is 0.663. The summed E-state index contributed by atoms with van der Waals surface area (Å²) < 4.78 is 26.3. The van der Waals surface area contributed by atoms with E-state index in [1.54, 1.807) is 7.05 Å². The lowest BCUT2D eigenvalue weighted by Crippen LogP contribution is -2.44. The number of guanidine groups is 1. The SMILES string of the molecule is CN=C(NCc1nccn1C(F)F)NC1CCC(C)CC1. The molecule has 1 aromatic rings. The second-order valence-electron chi connectivity index (χ2n) is 5.56. The molecule has 5 nitrogen and oxygen atoms in total. The molecule has 0 amide bonds. The fourth-order valence-corrected chi connectivity index (χ4v) is 2.61. The van der Waals surface area contributed by atoms with Gasteiger partial charge in [0, 0.05) is 25.5 Å². The standard InChI is InChI=1S/C14H23F2N5/c1-10-3-5-11(6-4-10)20-14(17-2)19-9-12-18-7-8-21(12)13(15)16/h7-8,10-11,13H,3-6,9H2,1-2H3,(H2,17,19,20). The van der Waals surface area contributed by atoms with Crippen LogP contribution in [0, 0.1) is 5.92 Å². The molecule has 0 bridgehead atoms. The molecule has 0 aliphatic heterocycles. The molecule has 0 saturated heterocycles. The zero-order valence-electron chi connectivity index (χ0n) is 12.5. The first-order chi connectivity index (χ1) is 10.1. The van der Waals surface area contributed by atoms with Crippen molar-refractivity contribution in [1.29, 1.82) is 0 Å². The van der Waals surface area contributed by atoms with Gasteiger partial charge in [-0.2, -0.15) is 8.78 Å². The monoisotopic (exact) mass is 299 g/mol. The molecule has 118 valence electrons. The van der Waals surface area contributed by atoms with Gasteiger partial charge in [-0.3, -0.25) is 9.56 Å². The minimum Gasteiger partial charge on any atom is -0.354 e. The van der Waals surface area contributed by atoms with Gasteiger partial charge in [0.1, 0.15) is 5.82 Å². The number of halogens is 2. The number of aromatic nitrogens is 2. The van der Waals surface area contributed by atoms with Crippen LogP contribution in [0.3, 0.4) is 0 Å². The topological polar surface area (TPSA) is 54.2 Å². The third kappa shape index (κ3) is 4.41. The summed E-state index contributed by atoms with van der Waals surface area (Å²) in [4.78, 5) is 8.08. The van der Waals surface area contributed by atoms with Crippen LogP contribution in [0.25, 0.3) is 0 Å². The van der Waals surface area contributed by atoms with Crippen LogP contribution in [0.1, 0.15) is 45.0 Å². The van der Waals surface area contributed by atoms with Gasteiger partial charge in [-0.05, 0) is 31.6 Å². The molecule has 1 aromatic heterocycles. The largest absolute Gasteiger partial charge is 0.354 e.